The smallest absolute Gasteiger partial charge is 0.261 e. The van der Waals surface area contributed by atoms with Gasteiger partial charge in [0.2, 0.25) is 5.91 Å². The Kier molecular flexibility index (Phi) is 6.12. The lowest BCUT2D eigenvalue weighted by molar-refractivity contribution is -0.120. The standard InChI is InChI=1S/C16H18N2O3S/c19-13(9-12-5-2-1-3-6-12)10-17-15(20)11-18-16(21)14-7-4-8-22-14/h1-8,13,19H,9-11H2,(H,17,20)(H,18,21). The maximum absolute atomic E-state index is 11.7. The van der Waals surface area contributed by atoms with Crippen LogP contribution in [-0.4, -0.2) is 36.1 Å². The molecular formula is C16H18N2O3S. The van der Waals surface area contributed by atoms with Crippen molar-refractivity contribution < 1.29 is 14.7 Å². The molecule has 0 saturated heterocycles. The van der Waals surface area contributed by atoms with E-state index in [-0.39, 0.29) is 24.9 Å². The molecule has 5 nitrogen and oxygen atoms in total. The molecule has 22 heavy (non-hydrogen) atoms. The molecule has 0 aliphatic heterocycles. The van der Waals surface area contributed by atoms with E-state index in [0.717, 1.165) is 5.56 Å². The van der Waals surface area contributed by atoms with Gasteiger partial charge in [0.05, 0.1) is 17.5 Å². The summed E-state index contributed by atoms with van der Waals surface area (Å²) in [6.45, 7) is 0.0530. The van der Waals surface area contributed by atoms with Crippen molar-refractivity contribution in [3.05, 3.63) is 58.3 Å². The van der Waals surface area contributed by atoms with Crippen LogP contribution in [0.5, 0.6) is 0 Å². The Morgan fingerprint density at radius 3 is 2.55 bits per heavy atom. The van der Waals surface area contributed by atoms with Crippen LogP contribution in [0.3, 0.4) is 0 Å². The van der Waals surface area contributed by atoms with E-state index in [9.17, 15) is 14.7 Å². The van der Waals surface area contributed by atoms with Crippen molar-refractivity contribution in [3.63, 3.8) is 0 Å². The van der Waals surface area contributed by atoms with Crippen LogP contribution in [0.25, 0.3) is 0 Å². The predicted molar refractivity (Wildman–Crippen MR) is 85.8 cm³/mol. The fourth-order valence-electron chi connectivity index (χ4n) is 1.91. The van der Waals surface area contributed by atoms with Gasteiger partial charge in [0, 0.05) is 13.0 Å². The molecule has 2 amide bonds. The van der Waals surface area contributed by atoms with Gasteiger partial charge in [-0.2, -0.15) is 0 Å². The van der Waals surface area contributed by atoms with Crippen LogP contribution in [0.2, 0.25) is 0 Å². The summed E-state index contributed by atoms with van der Waals surface area (Å²) in [7, 11) is 0. The highest BCUT2D eigenvalue weighted by atomic mass is 32.1. The van der Waals surface area contributed by atoms with Crippen LogP contribution >= 0.6 is 11.3 Å². The maximum atomic E-state index is 11.7. The first-order valence-electron chi connectivity index (χ1n) is 6.95. The Balaban J connectivity index is 1.66. The van der Waals surface area contributed by atoms with E-state index in [1.54, 1.807) is 17.5 Å². The number of benzene rings is 1. The molecule has 2 rings (SSSR count). The average Bonchev–Trinajstić information content (AvgIpc) is 3.06. The molecule has 0 fully saturated rings. The summed E-state index contributed by atoms with van der Waals surface area (Å²) in [5.41, 5.74) is 1.01. The van der Waals surface area contributed by atoms with Crippen LogP contribution in [0.15, 0.2) is 47.8 Å². The highest BCUT2D eigenvalue weighted by Crippen LogP contribution is 2.07. The third-order valence-electron chi connectivity index (χ3n) is 3.00. The fourth-order valence-corrected chi connectivity index (χ4v) is 2.55. The van der Waals surface area contributed by atoms with Gasteiger partial charge in [-0.3, -0.25) is 9.59 Å². The van der Waals surface area contributed by atoms with Gasteiger partial charge in [-0.1, -0.05) is 36.4 Å². The zero-order valence-corrected chi connectivity index (χ0v) is 12.8. The third kappa shape index (κ3) is 5.31. The predicted octanol–water partition coefficient (Wildman–Crippen LogP) is 1.20. The number of thiophene rings is 1. The van der Waals surface area contributed by atoms with Gasteiger partial charge in [-0.25, -0.2) is 0 Å². The summed E-state index contributed by atoms with van der Waals surface area (Å²) in [6.07, 6.45) is -0.179. The van der Waals surface area contributed by atoms with Gasteiger partial charge in [0.15, 0.2) is 0 Å². The summed E-state index contributed by atoms with van der Waals surface area (Å²) in [5, 5.41) is 16.8. The van der Waals surface area contributed by atoms with Crippen LogP contribution in [0, 0.1) is 0 Å². The first kappa shape index (κ1) is 16.2. The number of rotatable bonds is 7. The summed E-state index contributed by atoms with van der Waals surface area (Å²) in [4.78, 5) is 23.9. The quantitative estimate of drug-likeness (QED) is 0.718. The van der Waals surface area contributed by atoms with E-state index in [1.807, 2.05) is 30.3 Å². The minimum absolute atomic E-state index is 0.102. The zero-order valence-electron chi connectivity index (χ0n) is 12.0. The van der Waals surface area contributed by atoms with Crippen molar-refractivity contribution in [1.29, 1.82) is 0 Å². The zero-order chi connectivity index (χ0) is 15.8. The number of aliphatic hydroxyl groups is 1. The molecule has 3 N–H and O–H groups in total. The number of carbonyl (C=O) groups excluding carboxylic acids is 2. The second-order valence-electron chi connectivity index (χ2n) is 4.81. The summed E-state index contributed by atoms with van der Waals surface area (Å²) in [5.74, 6) is -0.591. The van der Waals surface area contributed by atoms with Crippen molar-refractivity contribution in [2.24, 2.45) is 0 Å². The van der Waals surface area contributed by atoms with E-state index < -0.39 is 6.10 Å². The highest BCUT2D eigenvalue weighted by Gasteiger charge is 2.10. The van der Waals surface area contributed by atoms with Gasteiger partial charge in [0.25, 0.3) is 5.91 Å². The summed E-state index contributed by atoms with van der Waals surface area (Å²) >= 11 is 1.32. The molecule has 0 aliphatic carbocycles. The van der Waals surface area contributed by atoms with E-state index in [4.69, 9.17) is 0 Å². The first-order valence-corrected chi connectivity index (χ1v) is 7.83. The Labute approximate surface area is 133 Å². The lowest BCUT2D eigenvalue weighted by Crippen LogP contribution is -2.40. The van der Waals surface area contributed by atoms with Crippen LogP contribution in [-0.2, 0) is 11.2 Å². The van der Waals surface area contributed by atoms with Crippen molar-refractivity contribution in [1.82, 2.24) is 10.6 Å². The van der Waals surface area contributed by atoms with Crippen molar-refractivity contribution in [3.8, 4) is 0 Å². The van der Waals surface area contributed by atoms with Crippen molar-refractivity contribution >= 4 is 23.2 Å². The highest BCUT2D eigenvalue weighted by molar-refractivity contribution is 7.12. The van der Waals surface area contributed by atoms with E-state index in [2.05, 4.69) is 10.6 Å². The minimum Gasteiger partial charge on any atom is -0.391 e. The fraction of sp³-hybridized carbons (Fsp3) is 0.250. The molecule has 0 bridgehead atoms. The number of nitrogens with one attached hydrogen (secondary N) is 2. The maximum Gasteiger partial charge on any atom is 0.261 e. The normalized spacial score (nSPS) is 11.7. The number of hydrogen-bond donors (Lipinski definition) is 3. The second-order valence-corrected chi connectivity index (χ2v) is 5.76. The molecule has 116 valence electrons. The molecule has 0 radical (unpaired) electrons. The Morgan fingerprint density at radius 2 is 1.86 bits per heavy atom. The monoisotopic (exact) mass is 318 g/mol. The molecule has 2 aromatic rings. The van der Waals surface area contributed by atoms with Gasteiger partial charge in [-0.15, -0.1) is 11.3 Å². The van der Waals surface area contributed by atoms with E-state index >= 15 is 0 Å². The lowest BCUT2D eigenvalue weighted by atomic mass is 10.1. The van der Waals surface area contributed by atoms with Crippen LogP contribution < -0.4 is 10.6 Å². The average molecular weight is 318 g/mol. The minimum atomic E-state index is -0.653. The molecule has 0 aliphatic rings. The molecule has 1 heterocycles. The Morgan fingerprint density at radius 1 is 1.09 bits per heavy atom. The van der Waals surface area contributed by atoms with Crippen molar-refractivity contribution in [2.45, 2.75) is 12.5 Å². The lowest BCUT2D eigenvalue weighted by Gasteiger charge is -2.12. The van der Waals surface area contributed by atoms with E-state index in [1.165, 1.54) is 11.3 Å². The SMILES string of the molecule is O=C(CNC(=O)c1cccs1)NCC(O)Cc1ccccc1. The third-order valence-corrected chi connectivity index (χ3v) is 3.87. The first-order chi connectivity index (χ1) is 10.6. The van der Waals surface area contributed by atoms with Gasteiger partial charge >= 0.3 is 0 Å². The molecule has 1 aromatic heterocycles. The number of hydrogen-bond acceptors (Lipinski definition) is 4. The molecule has 0 saturated carbocycles. The van der Waals surface area contributed by atoms with Gasteiger partial charge in [-0.05, 0) is 17.0 Å². The largest absolute Gasteiger partial charge is 0.391 e. The van der Waals surface area contributed by atoms with Crippen molar-refractivity contribution in [2.75, 3.05) is 13.1 Å². The molecule has 0 spiro atoms. The van der Waals surface area contributed by atoms with Gasteiger partial charge in [0.1, 0.15) is 0 Å². The van der Waals surface area contributed by atoms with Crippen LogP contribution in [0.4, 0.5) is 0 Å². The Bertz CT molecular complexity index is 599. The Hall–Kier alpha value is -2.18. The van der Waals surface area contributed by atoms with Crippen LogP contribution in [0.1, 0.15) is 15.2 Å². The molecule has 1 aromatic carbocycles. The number of aliphatic hydroxyl groups excluding tert-OH is 1. The molecule has 6 heteroatoms. The topological polar surface area (TPSA) is 78.4 Å². The summed E-state index contributed by atoms with van der Waals surface area (Å²) in [6, 6.07) is 13.0. The van der Waals surface area contributed by atoms with Gasteiger partial charge < -0.3 is 15.7 Å². The van der Waals surface area contributed by atoms with E-state index in [0.29, 0.717) is 11.3 Å². The summed E-state index contributed by atoms with van der Waals surface area (Å²) < 4.78 is 0. The number of carbonyl (C=O) groups is 2. The molecule has 1 atom stereocenters. The molecule has 1 unspecified atom stereocenters. The molecular weight excluding hydrogens is 300 g/mol. The second kappa shape index (κ2) is 8.31. The number of amides is 2.